The molecule has 0 spiro atoms. The number of nitrogens with zero attached hydrogens (tertiary/aromatic N) is 2. The highest BCUT2D eigenvalue weighted by Crippen LogP contribution is 2.34. The van der Waals surface area contributed by atoms with Crippen molar-refractivity contribution in [3.8, 4) is 0 Å². The molecule has 0 aliphatic carbocycles. The van der Waals surface area contributed by atoms with E-state index in [1.807, 2.05) is 33.9 Å². The molecule has 1 atom stereocenters. The molecule has 1 aromatic carbocycles. The fraction of sp³-hybridized carbons (Fsp3) is 0.444. The molecule has 5 heteroatoms. The average Bonchev–Trinajstić information content (AvgIpc) is 2.84. The molecule has 1 amide bonds. The van der Waals surface area contributed by atoms with Crippen LogP contribution in [0.25, 0.3) is 10.9 Å². The molecule has 1 saturated heterocycles. The maximum Gasteiger partial charge on any atom is 0.224 e. The number of rotatable bonds is 2. The van der Waals surface area contributed by atoms with Gasteiger partial charge in [-0.15, -0.1) is 0 Å². The van der Waals surface area contributed by atoms with Crippen molar-refractivity contribution in [2.45, 2.75) is 46.0 Å². The first-order valence-corrected chi connectivity index (χ1v) is 8.15. The number of amides is 1. The Hall–Kier alpha value is -2.17. The van der Waals surface area contributed by atoms with E-state index in [4.69, 9.17) is 0 Å². The van der Waals surface area contributed by atoms with Crippen molar-refractivity contribution in [2.24, 2.45) is 7.05 Å². The topological polar surface area (TPSA) is 46.9 Å². The molecule has 3 rings (SSSR count). The third-order valence-corrected chi connectivity index (χ3v) is 4.14. The van der Waals surface area contributed by atoms with Crippen LogP contribution in [0, 0.1) is 5.82 Å². The molecule has 1 fully saturated rings. The number of hydrogen-bond acceptors (Lipinski definition) is 2. The fourth-order valence-corrected chi connectivity index (χ4v) is 2.96. The predicted octanol–water partition coefficient (Wildman–Crippen LogP) is 3.81. The van der Waals surface area contributed by atoms with Gasteiger partial charge < -0.3 is 5.32 Å². The molecule has 4 nitrogen and oxygen atoms in total. The van der Waals surface area contributed by atoms with Crippen LogP contribution in [0.15, 0.2) is 24.4 Å². The summed E-state index contributed by atoms with van der Waals surface area (Å²) in [5, 5.41) is 8.11. The van der Waals surface area contributed by atoms with Gasteiger partial charge in [0.15, 0.2) is 0 Å². The second-order valence-corrected chi connectivity index (χ2v) is 5.49. The van der Waals surface area contributed by atoms with E-state index in [0.29, 0.717) is 30.5 Å². The van der Waals surface area contributed by atoms with E-state index in [1.165, 1.54) is 0 Å². The second kappa shape index (κ2) is 6.94. The number of nitrogens with one attached hydrogen (secondary N) is 1. The Morgan fingerprint density at radius 2 is 2.13 bits per heavy atom. The molecule has 2 heterocycles. The van der Waals surface area contributed by atoms with E-state index in [9.17, 15) is 9.18 Å². The Morgan fingerprint density at radius 3 is 2.74 bits per heavy atom. The largest absolute Gasteiger partial charge is 0.330 e. The van der Waals surface area contributed by atoms with Crippen LogP contribution in [0.4, 0.5) is 4.39 Å². The number of halogens is 1. The van der Waals surface area contributed by atoms with Crippen molar-refractivity contribution in [1.82, 2.24) is 15.1 Å². The molecular formula is C18H24FN3O. The van der Waals surface area contributed by atoms with Crippen LogP contribution in [0.2, 0.25) is 0 Å². The van der Waals surface area contributed by atoms with Gasteiger partial charge in [-0.25, -0.2) is 4.39 Å². The predicted molar refractivity (Wildman–Crippen MR) is 90.7 cm³/mol. The van der Waals surface area contributed by atoms with Crippen LogP contribution in [-0.4, -0.2) is 15.7 Å². The zero-order valence-electron chi connectivity index (χ0n) is 14.2. The number of piperidine rings is 1. The Balaban J connectivity index is 0.000000924. The minimum atomic E-state index is -0.204. The van der Waals surface area contributed by atoms with Gasteiger partial charge in [0.1, 0.15) is 5.82 Å². The average molecular weight is 317 g/mol. The zero-order valence-corrected chi connectivity index (χ0v) is 14.2. The standard InChI is InChI=1S/C16H18FN3O.C2H6/c1-4-10-7-14-12(8-13(10)17)16(19-20(14)3)11-5-6-15(21)18-9(11)2;1-2/h7-8,11H,2,4-6H2,1,3H3,(H,18,21);1-2H3. The lowest BCUT2D eigenvalue weighted by atomic mass is 9.90. The van der Waals surface area contributed by atoms with E-state index in [1.54, 1.807) is 10.7 Å². The second-order valence-electron chi connectivity index (χ2n) is 5.49. The lowest BCUT2D eigenvalue weighted by Crippen LogP contribution is -2.31. The number of hydrogen-bond donors (Lipinski definition) is 1. The van der Waals surface area contributed by atoms with Gasteiger partial charge in [-0.3, -0.25) is 9.48 Å². The third kappa shape index (κ3) is 3.14. The lowest BCUT2D eigenvalue weighted by molar-refractivity contribution is -0.121. The van der Waals surface area contributed by atoms with Gasteiger partial charge in [0.25, 0.3) is 0 Å². The first-order chi connectivity index (χ1) is 11.0. The van der Waals surface area contributed by atoms with Crippen LogP contribution in [0.1, 0.15) is 50.8 Å². The molecule has 0 saturated carbocycles. The number of aromatic nitrogens is 2. The summed E-state index contributed by atoms with van der Waals surface area (Å²) >= 11 is 0. The number of aryl methyl sites for hydroxylation is 2. The van der Waals surface area contributed by atoms with Crippen molar-refractivity contribution >= 4 is 16.8 Å². The summed E-state index contributed by atoms with van der Waals surface area (Å²) < 4.78 is 15.9. The molecule has 124 valence electrons. The molecule has 0 bridgehead atoms. The van der Waals surface area contributed by atoms with Crippen LogP contribution >= 0.6 is 0 Å². The van der Waals surface area contributed by atoms with Gasteiger partial charge in [-0.2, -0.15) is 5.10 Å². The monoisotopic (exact) mass is 317 g/mol. The molecule has 1 N–H and O–H groups in total. The Labute approximate surface area is 136 Å². The summed E-state index contributed by atoms with van der Waals surface area (Å²) in [6.07, 6.45) is 1.75. The summed E-state index contributed by atoms with van der Waals surface area (Å²) in [4.78, 5) is 11.4. The Kier molecular flexibility index (Phi) is 5.19. The van der Waals surface area contributed by atoms with Gasteiger partial charge in [-0.1, -0.05) is 27.4 Å². The first-order valence-electron chi connectivity index (χ1n) is 8.15. The summed E-state index contributed by atoms with van der Waals surface area (Å²) in [6.45, 7) is 9.85. The van der Waals surface area contributed by atoms with Crippen LogP contribution in [-0.2, 0) is 18.3 Å². The van der Waals surface area contributed by atoms with Crippen molar-refractivity contribution in [3.63, 3.8) is 0 Å². The summed E-state index contributed by atoms with van der Waals surface area (Å²) in [5.41, 5.74) is 3.03. The molecular weight excluding hydrogens is 293 g/mol. The number of carbonyl (C=O) groups excluding carboxylic acids is 1. The van der Waals surface area contributed by atoms with Crippen molar-refractivity contribution < 1.29 is 9.18 Å². The minimum absolute atomic E-state index is 0.0177. The van der Waals surface area contributed by atoms with Crippen molar-refractivity contribution in [3.05, 3.63) is 41.5 Å². The van der Waals surface area contributed by atoms with E-state index in [-0.39, 0.29) is 17.6 Å². The van der Waals surface area contributed by atoms with E-state index in [0.717, 1.165) is 16.6 Å². The molecule has 1 aliphatic rings. The van der Waals surface area contributed by atoms with E-state index < -0.39 is 0 Å². The highest BCUT2D eigenvalue weighted by Gasteiger charge is 2.27. The quantitative estimate of drug-likeness (QED) is 0.915. The molecule has 1 aliphatic heterocycles. The highest BCUT2D eigenvalue weighted by atomic mass is 19.1. The first kappa shape index (κ1) is 17.2. The van der Waals surface area contributed by atoms with E-state index >= 15 is 0 Å². The number of benzene rings is 1. The van der Waals surface area contributed by atoms with Gasteiger partial charge in [0, 0.05) is 30.5 Å². The van der Waals surface area contributed by atoms with Gasteiger partial charge in [0.05, 0.1) is 11.2 Å². The summed E-state index contributed by atoms with van der Waals surface area (Å²) in [6, 6.07) is 3.41. The van der Waals surface area contributed by atoms with Gasteiger partial charge >= 0.3 is 0 Å². The maximum atomic E-state index is 14.1. The smallest absolute Gasteiger partial charge is 0.224 e. The fourth-order valence-electron chi connectivity index (χ4n) is 2.96. The Bertz CT molecular complexity index is 748. The van der Waals surface area contributed by atoms with Crippen LogP contribution < -0.4 is 5.32 Å². The van der Waals surface area contributed by atoms with Gasteiger partial charge in [-0.05, 0) is 30.5 Å². The van der Waals surface area contributed by atoms with Crippen LogP contribution in [0.5, 0.6) is 0 Å². The summed E-state index contributed by atoms with van der Waals surface area (Å²) in [7, 11) is 1.85. The maximum absolute atomic E-state index is 14.1. The normalized spacial score (nSPS) is 17.7. The highest BCUT2D eigenvalue weighted by molar-refractivity contribution is 5.85. The minimum Gasteiger partial charge on any atom is -0.330 e. The number of fused-ring (bicyclic) bond motifs is 1. The van der Waals surface area contributed by atoms with Crippen molar-refractivity contribution in [1.29, 1.82) is 0 Å². The van der Waals surface area contributed by atoms with E-state index in [2.05, 4.69) is 17.0 Å². The zero-order chi connectivity index (χ0) is 17.1. The molecule has 0 radical (unpaired) electrons. The molecule has 2 aromatic rings. The number of carbonyl (C=O) groups is 1. The lowest BCUT2D eigenvalue weighted by Gasteiger charge is -2.23. The van der Waals surface area contributed by atoms with Crippen LogP contribution in [0.3, 0.4) is 0 Å². The third-order valence-electron chi connectivity index (χ3n) is 4.14. The SMILES string of the molecule is C=C1NC(=O)CCC1c1nn(C)c2cc(CC)c(F)cc12.CC. The Morgan fingerprint density at radius 1 is 1.43 bits per heavy atom. The molecule has 23 heavy (non-hydrogen) atoms. The van der Waals surface area contributed by atoms with Crippen molar-refractivity contribution in [2.75, 3.05) is 0 Å². The number of allylic oxidation sites excluding steroid dienone is 1. The molecule has 1 aromatic heterocycles. The van der Waals surface area contributed by atoms with Gasteiger partial charge in [0.2, 0.25) is 5.91 Å². The summed E-state index contributed by atoms with van der Waals surface area (Å²) in [5.74, 6) is -0.279. The molecule has 1 unspecified atom stereocenters.